The number of aryl methyl sites for hydroxylation is 1. The maximum absolute atomic E-state index is 12.1. The fraction of sp³-hybridized carbons (Fsp3) is 0.562. The molecular weight excluding hydrogens is 272 g/mol. The Labute approximate surface area is 126 Å². The van der Waals surface area contributed by atoms with Gasteiger partial charge in [-0.05, 0) is 18.6 Å². The van der Waals surface area contributed by atoms with Crippen molar-refractivity contribution in [3.63, 3.8) is 0 Å². The fourth-order valence-corrected chi connectivity index (χ4v) is 1.85. The largest absolute Gasteiger partial charge is 0.487 e. The van der Waals surface area contributed by atoms with Gasteiger partial charge in [0, 0.05) is 20.6 Å². The summed E-state index contributed by atoms with van der Waals surface area (Å²) in [6, 6.07) is 3.65. The van der Waals surface area contributed by atoms with Crippen LogP contribution in [0.2, 0.25) is 0 Å². The van der Waals surface area contributed by atoms with Crippen molar-refractivity contribution in [1.29, 1.82) is 0 Å². The van der Waals surface area contributed by atoms with Crippen LogP contribution < -0.4 is 9.47 Å². The predicted octanol–water partition coefficient (Wildman–Crippen LogP) is 2.64. The van der Waals surface area contributed by atoms with E-state index >= 15 is 0 Å². The van der Waals surface area contributed by atoms with Gasteiger partial charge in [-0.2, -0.15) is 0 Å². The topological polar surface area (TPSA) is 54.0 Å². The lowest BCUT2D eigenvalue weighted by molar-refractivity contribution is 0.0976. The number of ketones is 1. The van der Waals surface area contributed by atoms with E-state index in [4.69, 9.17) is 18.9 Å². The normalized spacial score (nSPS) is 10.5. The number of hydrogen-bond acceptors (Lipinski definition) is 5. The van der Waals surface area contributed by atoms with E-state index in [1.807, 2.05) is 19.9 Å². The summed E-state index contributed by atoms with van der Waals surface area (Å²) in [6.45, 7) is 5.44. The molecule has 118 valence electrons. The van der Waals surface area contributed by atoms with Gasteiger partial charge in [-0.1, -0.05) is 13.0 Å². The molecule has 0 spiro atoms. The molecule has 0 aliphatic rings. The summed E-state index contributed by atoms with van der Waals surface area (Å²) < 4.78 is 21.4. The third-order valence-corrected chi connectivity index (χ3v) is 3.00. The molecule has 0 aliphatic carbocycles. The van der Waals surface area contributed by atoms with Crippen LogP contribution in [0.3, 0.4) is 0 Å². The van der Waals surface area contributed by atoms with Crippen molar-refractivity contribution in [3.05, 3.63) is 23.3 Å². The first-order valence-corrected chi connectivity index (χ1v) is 7.05. The van der Waals surface area contributed by atoms with Gasteiger partial charge in [-0.3, -0.25) is 4.79 Å². The number of benzene rings is 1. The van der Waals surface area contributed by atoms with Gasteiger partial charge >= 0.3 is 0 Å². The minimum absolute atomic E-state index is 0.0269. The van der Waals surface area contributed by atoms with Gasteiger partial charge in [-0.15, -0.1) is 0 Å². The number of carbonyl (C=O) groups is 1. The zero-order chi connectivity index (χ0) is 15.7. The van der Waals surface area contributed by atoms with Gasteiger partial charge in [0.25, 0.3) is 0 Å². The maximum atomic E-state index is 12.1. The highest BCUT2D eigenvalue weighted by Gasteiger charge is 2.18. The van der Waals surface area contributed by atoms with Gasteiger partial charge in [0.2, 0.25) is 0 Å². The second-order valence-corrected chi connectivity index (χ2v) is 4.55. The van der Waals surface area contributed by atoms with E-state index in [0.717, 1.165) is 5.56 Å². The molecule has 1 rings (SSSR count). The van der Waals surface area contributed by atoms with Crippen molar-refractivity contribution >= 4 is 5.78 Å². The third kappa shape index (κ3) is 5.02. The molecule has 5 nitrogen and oxygen atoms in total. The van der Waals surface area contributed by atoms with Crippen LogP contribution >= 0.6 is 0 Å². The van der Waals surface area contributed by atoms with Crippen LogP contribution in [0.1, 0.15) is 29.3 Å². The Hall–Kier alpha value is -1.59. The van der Waals surface area contributed by atoms with E-state index in [1.54, 1.807) is 20.3 Å². The van der Waals surface area contributed by atoms with Gasteiger partial charge in [0.1, 0.15) is 13.2 Å². The van der Waals surface area contributed by atoms with Crippen molar-refractivity contribution in [2.24, 2.45) is 0 Å². The summed E-state index contributed by atoms with van der Waals surface area (Å²) in [5.74, 6) is 1.12. The molecule has 0 aliphatic heterocycles. The first kappa shape index (κ1) is 17.5. The molecule has 1 aromatic rings. The van der Waals surface area contributed by atoms with Crippen molar-refractivity contribution in [1.82, 2.24) is 0 Å². The van der Waals surface area contributed by atoms with Crippen molar-refractivity contribution in [3.8, 4) is 11.5 Å². The first-order valence-electron chi connectivity index (χ1n) is 7.05. The SMILES string of the molecule is CCC(=O)c1ccc(C)c(OCCOC)c1OCCOC. The van der Waals surface area contributed by atoms with Crippen LogP contribution in [0.4, 0.5) is 0 Å². The molecule has 21 heavy (non-hydrogen) atoms. The molecule has 1 aromatic carbocycles. The highest BCUT2D eigenvalue weighted by molar-refractivity contribution is 5.99. The van der Waals surface area contributed by atoms with E-state index < -0.39 is 0 Å². The minimum atomic E-state index is 0.0269. The Morgan fingerprint density at radius 2 is 1.52 bits per heavy atom. The molecule has 0 heterocycles. The molecule has 0 bridgehead atoms. The van der Waals surface area contributed by atoms with Crippen LogP contribution in [-0.4, -0.2) is 46.4 Å². The lowest BCUT2D eigenvalue weighted by atomic mass is 10.0. The van der Waals surface area contributed by atoms with Crippen LogP contribution in [-0.2, 0) is 9.47 Å². The predicted molar refractivity (Wildman–Crippen MR) is 80.5 cm³/mol. The van der Waals surface area contributed by atoms with Crippen molar-refractivity contribution in [2.75, 3.05) is 40.6 Å². The second kappa shape index (κ2) is 9.37. The monoisotopic (exact) mass is 296 g/mol. The summed E-state index contributed by atoms with van der Waals surface area (Å²) >= 11 is 0. The van der Waals surface area contributed by atoms with Gasteiger partial charge in [-0.25, -0.2) is 0 Å². The number of ether oxygens (including phenoxy) is 4. The molecule has 0 saturated carbocycles. The van der Waals surface area contributed by atoms with Crippen LogP contribution in [0, 0.1) is 6.92 Å². The first-order chi connectivity index (χ1) is 10.2. The second-order valence-electron chi connectivity index (χ2n) is 4.55. The summed E-state index contributed by atoms with van der Waals surface area (Å²) in [4.78, 5) is 12.1. The lowest BCUT2D eigenvalue weighted by Gasteiger charge is -2.17. The summed E-state index contributed by atoms with van der Waals surface area (Å²) in [7, 11) is 3.22. The molecule has 0 unspecified atom stereocenters. The zero-order valence-corrected chi connectivity index (χ0v) is 13.2. The molecule has 0 saturated heterocycles. The summed E-state index contributed by atoms with van der Waals surface area (Å²) in [6.07, 6.45) is 0.418. The number of rotatable bonds is 10. The zero-order valence-electron chi connectivity index (χ0n) is 13.2. The van der Waals surface area contributed by atoms with Gasteiger partial charge < -0.3 is 18.9 Å². The Bertz CT molecular complexity index is 456. The van der Waals surface area contributed by atoms with Crippen molar-refractivity contribution in [2.45, 2.75) is 20.3 Å². The number of methoxy groups -OCH3 is 2. The molecule has 0 atom stereocenters. The Kier molecular flexibility index (Phi) is 7.79. The molecule has 0 radical (unpaired) electrons. The number of carbonyl (C=O) groups excluding carboxylic acids is 1. The summed E-state index contributed by atoms with van der Waals surface area (Å²) in [5.41, 5.74) is 1.47. The molecule has 0 amide bonds. The van der Waals surface area contributed by atoms with Crippen molar-refractivity contribution < 1.29 is 23.7 Å². The highest BCUT2D eigenvalue weighted by Crippen LogP contribution is 2.35. The minimum Gasteiger partial charge on any atom is -0.487 e. The smallest absolute Gasteiger partial charge is 0.172 e. The average Bonchev–Trinajstić information content (AvgIpc) is 2.49. The van der Waals surface area contributed by atoms with E-state index in [9.17, 15) is 4.79 Å². The molecule has 0 fully saturated rings. The summed E-state index contributed by atoms with van der Waals surface area (Å²) in [5, 5.41) is 0. The third-order valence-electron chi connectivity index (χ3n) is 3.00. The van der Waals surface area contributed by atoms with E-state index in [0.29, 0.717) is 49.9 Å². The number of Topliss-reactive ketones (excluding diaryl/α,β-unsaturated/α-hetero) is 1. The van der Waals surface area contributed by atoms with E-state index in [-0.39, 0.29) is 5.78 Å². The molecule has 0 N–H and O–H groups in total. The average molecular weight is 296 g/mol. The maximum Gasteiger partial charge on any atom is 0.172 e. The van der Waals surface area contributed by atoms with Crippen LogP contribution in [0.5, 0.6) is 11.5 Å². The van der Waals surface area contributed by atoms with Gasteiger partial charge in [0.05, 0.1) is 18.8 Å². The Balaban J connectivity index is 3.07. The van der Waals surface area contributed by atoms with E-state index in [1.165, 1.54) is 0 Å². The number of hydrogen-bond donors (Lipinski definition) is 0. The van der Waals surface area contributed by atoms with Crippen LogP contribution in [0.25, 0.3) is 0 Å². The Morgan fingerprint density at radius 1 is 0.952 bits per heavy atom. The molecule has 5 heteroatoms. The van der Waals surface area contributed by atoms with Crippen LogP contribution in [0.15, 0.2) is 12.1 Å². The quantitative estimate of drug-likeness (QED) is 0.491. The van der Waals surface area contributed by atoms with E-state index in [2.05, 4.69) is 0 Å². The highest BCUT2D eigenvalue weighted by atomic mass is 16.5. The fourth-order valence-electron chi connectivity index (χ4n) is 1.85. The standard InChI is InChI=1S/C16H24O5/c1-5-14(17)13-7-6-12(2)15(20-10-8-18-3)16(13)21-11-9-19-4/h6-7H,5,8-11H2,1-4H3. The Morgan fingerprint density at radius 3 is 2.05 bits per heavy atom. The molecular formula is C16H24O5. The van der Waals surface area contributed by atoms with Gasteiger partial charge in [0.15, 0.2) is 17.3 Å². The lowest BCUT2D eigenvalue weighted by Crippen LogP contribution is -2.12. The molecule has 0 aromatic heterocycles.